The van der Waals surface area contributed by atoms with Crippen LogP contribution < -0.4 is 10.1 Å². The molecule has 4 heteroatoms. The van der Waals surface area contributed by atoms with E-state index in [1.165, 1.54) is 38.2 Å². The van der Waals surface area contributed by atoms with E-state index in [0.29, 0.717) is 18.5 Å². The molecule has 1 aliphatic carbocycles. The highest BCUT2D eigenvalue weighted by atomic mass is 19.1. The number of benzene rings is 1. The Bertz CT molecular complexity index is 421. The molecule has 1 aliphatic rings. The molecule has 2 N–H and O–H groups in total. The van der Waals surface area contributed by atoms with Gasteiger partial charge in [0.1, 0.15) is 12.7 Å². The van der Waals surface area contributed by atoms with Gasteiger partial charge in [-0.3, -0.25) is 0 Å². The van der Waals surface area contributed by atoms with Crippen LogP contribution in [-0.4, -0.2) is 30.4 Å². The van der Waals surface area contributed by atoms with Crippen LogP contribution in [0.2, 0.25) is 0 Å². The molecular formula is C17H26FNO2. The van der Waals surface area contributed by atoms with Crippen LogP contribution in [0.1, 0.15) is 39.0 Å². The predicted molar refractivity (Wildman–Crippen MR) is 81.9 cm³/mol. The second kappa shape index (κ2) is 8.35. The number of para-hydroxylation sites is 1. The summed E-state index contributed by atoms with van der Waals surface area (Å²) in [5, 5.41) is 13.3. The van der Waals surface area contributed by atoms with E-state index in [9.17, 15) is 9.50 Å². The second-order valence-electron chi connectivity index (χ2n) is 5.99. The van der Waals surface area contributed by atoms with Crippen LogP contribution in [0.15, 0.2) is 24.3 Å². The Labute approximate surface area is 126 Å². The molecule has 0 heterocycles. The molecule has 2 unspecified atom stereocenters. The fraction of sp³-hybridized carbons (Fsp3) is 0.647. The van der Waals surface area contributed by atoms with Gasteiger partial charge in [-0.2, -0.15) is 0 Å². The summed E-state index contributed by atoms with van der Waals surface area (Å²) in [6.45, 7) is 2.76. The van der Waals surface area contributed by atoms with Gasteiger partial charge >= 0.3 is 0 Å². The summed E-state index contributed by atoms with van der Waals surface area (Å²) in [5.74, 6) is 0.503. The van der Waals surface area contributed by atoms with Crippen molar-refractivity contribution in [1.82, 2.24) is 5.32 Å². The lowest BCUT2D eigenvalue weighted by Gasteiger charge is -2.29. The van der Waals surface area contributed by atoms with Gasteiger partial charge in [-0.25, -0.2) is 4.39 Å². The number of rotatable bonds is 7. The van der Waals surface area contributed by atoms with Gasteiger partial charge in [0.25, 0.3) is 0 Å². The Hall–Kier alpha value is -1.13. The third kappa shape index (κ3) is 5.29. The summed E-state index contributed by atoms with van der Waals surface area (Å²) in [7, 11) is 0. The second-order valence-corrected chi connectivity index (χ2v) is 5.99. The third-order valence-corrected chi connectivity index (χ3v) is 4.30. The first kappa shape index (κ1) is 16.2. The SMILES string of the molecule is CC(NCC(O)COc1ccccc1F)C1CCCCC1. The first-order valence-corrected chi connectivity index (χ1v) is 7.95. The van der Waals surface area contributed by atoms with E-state index in [1.807, 2.05) is 0 Å². The summed E-state index contributed by atoms with van der Waals surface area (Å²) in [4.78, 5) is 0. The van der Waals surface area contributed by atoms with Gasteiger partial charge < -0.3 is 15.2 Å². The summed E-state index contributed by atoms with van der Waals surface area (Å²) in [6, 6.07) is 6.67. The maximum Gasteiger partial charge on any atom is 0.165 e. The quantitative estimate of drug-likeness (QED) is 0.812. The maximum absolute atomic E-state index is 13.4. The predicted octanol–water partition coefficient (Wildman–Crippen LogP) is 3.12. The van der Waals surface area contributed by atoms with Crippen molar-refractivity contribution in [3.05, 3.63) is 30.1 Å². The molecule has 0 bridgehead atoms. The number of halogens is 1. The highest BCUT2D eigenvalue weighted by molar-refractivity contribution is 5.23. The monoisotopic (exact) mass is 295 g/mol. The van der Waals surface area contributed by atoms with E-state index >= 15 is 0 Å². The number of aliphatic hydroxyl groups is 1. The summed E-state index contributed by atoms with van der Waals surface area (Å²) >= 11 is 0. The Kier molecular flexibility index (Phi) is 6.46. The molecule has 3 nitrogen and oxygen atoms in total. The van der Waals surface area contributed by atoms with Crippen molar-refractivity contribution in [2.75, 3.05) is 13.2 Å². The summed E-state index contributed by atoms with van der Waals surface area (Å²) in [5.41, 5.74) is 0. The maximum atomic E-state index is 13.4. The Morgan fingerprint density at radius 3 is 2.71 bits per heavy atom. The zero-order valence-corrected chi connectivity index (χ0v) is 12.7. The van der Waals surface area contributed by atoms with Crippen molar-refractivity contribution in [1.29, 1.82) is 0 Å². The van der Waals surface area contributed by atoms with Gasteiger partial charge in [-0.1, -0.05) is 31.4 Å². The van der Waals surface area contributed by atoms with Crippen molar-refractivity contribution in [3.8, 4) is 5.75 Å². The van der Waals surface area contributed by atoms with Crippen molar-refractivity contribution < 1.29 is 14.2 Å². The Morgan fingerprint density at radius 1 is 1.29 bits per heavy atom. The molecular weight excluding hydrogens is 269 g/mol. The molecule has 0 aromatic heterocycles. The number of ether oxygens (including phenoxy) is 1. The number of aliphatic hydroxyl groups excluding tert-OH is 1. The van der Waals surface area contributed by atoms with E-state index in [1.54, 1.807) is 18.2 Å². The average molecular weight is 295 g/mol. The van der Waals surface area contributed by atoms with Gasteiger partial charge in [0.05, 0.1) is 0 Å². The van der Waals surface area contributed by atoms with Crippen LogP contribution in [0.3, 0.4) is 0 Å². The van der Waals surface area contributed by atoms with Crippen molar-refractivity contribution in [3.63, 3.8) is 0 Å². The van der Waals surface area contributed by atoms with Crippen LogP contribution >= 0.6 is 0 Å². The first-order chi connectivity index (χ1) is 10.2. The van der Waals surface area contributed by atoms with E-state index < -0.39 is 11.9 Å². The van der Waals surface area contributed by atoms with Crippen LogP contribution in [0.5, 0.6) is 5.75 Å². The van der Waals surface area contributed by atoms with E-state index in [0.717, 1.165) is 0 Å². The molecule has 0 saturated heterocycles. The minimum absolute atomic E-state index is 0.102. The van der Waals surface area contributed by atoms with Crippen molar-refractivity contribution in [2.45, 2.75) is 51.2 Å². The zero-order valence-electron chi connectivity index (χ0n) is 12.7. The average Bonchev–Trinajstić information content (AvgIpc) is 2.52. The number of hydrogen-bond acceptors (Lipinski definition) is 3. The van der Waals surface area contributed by atoms with Gasteiger partial charge in [0.2, 0.25) is 0 Å². The zero-order chi connectivity index (χ0) is 15.1. The lowest BCUT2D eigenvalue weighted by Crippen LogP contribution is -2.40. The van der Waals surface area contributed by atoms with Crippen LogP contribution in [0.25, 0.3) is 0 Å². The molecule has 0 amide bonds. The molecule has 1 aromatic carbocycles. The molecule has 0 aliphatic heterocycles. The number of nitrogens with one attached hydrogen (secondary N) is 1. The highest BCUT2D eigenvalue weighted by Crippen LogP contribution is 2.26. The Balaban J connectivity index is 1.67. The van der Waals surface area contributed by atoms with Gasteiger partial charge in [-0.15, -0.1) is 0 Å². The smallest absolute Gasteiger partial charge is 0.165 e. The molecule has 1 fully saturated rings. The topological polar surface area (TPSA) is 41.5 Å². The van der Waals surface area contributed by atoms with Crippen molar-refractivity contribution >= 4 is 0 Å². The summed E-state index contributed by atoms with van der Waals surface area (Å²) < 4.78 is 18.7. The largest absolute Gasteiger partial charge is 0.488 e. The van der Waals surface area contributed by atoms with Crippen molar-refractivity contribution in [2.24, 2.45) is 5.92 Å². The summed E-state index contributed by atoms with van der Waals surface area (Å²) in [6.07, 6.45) is 5.90. The first-order valence-electron chi connectivity index (χ1n) is 7.95. The minimum Gasteiger partial charge on any atom is -0.488 e. The number of hydrogen-bond donors (Lipinski definition) is 2. The van der Waals surface area contributed by atoms with Crippen LogP contribution in [0, 0.1) is 11.7 Å². The lowest BCUT2D eigenvalue weighted by atomic mass is 9.84. The lowest BCUT2D eigenvalue weighted by molar-refractivity contribution is 0.0981. The highest BCUT2D eigenvalue weighted by Gasteiger charge is 2.20. The van der Waals surface area contributed by atoms with Gasteiger partial charge in [-0.05, 0) is 37.8 Å². The van der Waals surface area contributed by atoms with E-state index in [4.69, 9.17) is 4.74 Å². The fourth-order valence-electron chi connectivity index (χ4n) is 2.93. The van der Waals surface area contributed by atoms with E-state index in [-0.39, 0.29) is 12.4 Å². The normalized spacial score (nSPS) is 19.2. The van der Waals surface area contributed by atoms with Crippen LogP contribution in [-0.2, 0) is 0 Å². The molecule has 2 atom stereocenters. The molecule has 1 saturated carbocycles. The molecule has 21 heavy (non-hydrogen) atoms. The minimum atomic E-state index is -0.629. The molecule has 2 rings (SSSR count). The fourth-order valence-corrected chi connectivity index (χ4v) is 2.93. The van der Waals surface area contributed by atoms with Gasteiger partial charge in [0, 0.05) is 12.6 Å². The van der Waals surface area contributed by atoms with Crippen LogP contribution in [0.4, 0.5) is 4.39 Å². The third-order valence-electron chi connectivity index (χ3n) is 4.30. The molecule has 0 spiro atoms. The standard InChI is InChI=1S/C17H26FNO2/c1-13(14-7-3-2-4-8-14)19-11-15(20)12-21-17-10-6-5-9-16(17)18/h5-6,9-10,13-15,19-20H,2-4,7-8,11-12H2,1H3. The van der Waals surface area contributed by atoms with Gasteiger partial charge in [0.15, 0.2) is 11.6 Å². The molecule has 0 radical (unpaired) electrons. The Morgan fingerprint density at radius 2 is 2.00 bits per heavy atom. The molecule has 1 aromatic rings. The van der Waals surface area contributed by atoms with E-state index in [2.05, 4.69) is 12.2 Å². The molecule has 118 valence electrons.